The molecule has 2 N–H and O–H groups in total. The summed E-state index contributed by atoms with van der Waals surface area (Å²) in [6.45, 7) is 6.88. The molecule has 0 atom stereocenters. The van der Waals surface area contributed by atoms with Crippen LogP contribution in [0.4, 0.5) is 0 Å². The third kappa shape index (κ3) is 9.99. The van der Waals surface area contributed by atoms with E-state index >= 15 is 0 Å². The maximum absolute atomic E-state index is 5.86. The van der Waals surface area contributed by atoms with Crippen molar-refractivity contribution in [2.75, 3.05) is 0 Å². The van der Waals surface area contributed by atoms with Crippen molar-refractivity contribution in [1.82, 2.24) is 0 Å². The second kappa shape index (κ2) is 12.1. The first-order chi connectivity index (χ1) is 8.68. The summed E-state index contributed by atoms with van der Waals surface area (Å²) in [5, 5.41) is 0.290. The van der Waals surface area contributed by atoms with Gasteiger partial charge in [-0.1, -0.05) is 97.8 Å². The maximum Gasteiger partial charge on any atom is 0.209 e. The molecule has 0 spiro atoms. The molecule has 0 rings (SSSR count). The Balaban J connectivity index is 3.60. The zero-order valence-electron chi connectivity index (χ0n) is 13.1. The van der Waals surface area contributed by atoms with Gasteiger partial charge in [-0.05, 0) is 5.31 Å². The molecule has 0 saturated carbocycles. The molecule has 0 bridgehead atoms. The average molecular weight is 252 g/mol. The molecule has 0 heterocycles. The van der Waals surface area contributed by atoms with Gasteiger partial charge in [-0.3, -0.25) is 0 Å². The molecule has 0 aliphatic rings. The highest BCUT2D eigenvalue weighted by Gasteiger charge is 2.22. The van der Waals surface area contributed by atoms with Gasteiger partial charge in [0.1, 0.15) is 0 Å². The van der Waals surface area contributed by atoms with E-state index in [0.717, 1.165) is 0 Å². The van der Waals surface area contributed by atoms with E-state index in [1.54, 1.807) is 0 Å². The van der Waals surface area contributed by atoms with Crippen LogP contribution in [0, 0.1) is 0 Å². The van der Waals surface area contributed by atoms with Crippen LogP contribution in [-0.4, -0.2) is 7.41 Å². The predicted octanol–water partition coefficient (Wildman–Crippen LogP) is 5.46. The van der Waals surface area contributed by atoms with Gasteiger partial charge in [-0.25, -0.2) is 0 Å². The maximum atomic E-state index is 5.86. The Bertz CT molecular complexity index is 156. The van der Waals surface area contributed by atoms with E-state index in [0.29, 0.717) is 5.31 Å². The van der Waals surface area contributed by atoms with Crippen molar-refractivity contribution in [3.63, 3.8) is 0 Å². The number of rotatable bonds is 13. The highest BCUT2D eigenvalue weighted by molar-refractivity contribution is 6.35. The number of unbranched alkanes of at least 4 members (excludes halogenated alkanes) is 8. The first-order valence-electron chi connectivity index (χ1n) is 8.24. The molecule has 0 amide bonds. The van der Waals surface area contributed by atoms with Crippen LogP contribution in [0.2, 0.25) is 5.31 Å². The minimum absolute atomic E-state index is 0.290. The number of hydrogen-bond acceptors (Lipinski definition) is 1. The van der Waals surface area contributed by atoms with Crippen molar-refractivity contribution in [2.45, 2.75) is 103 Å². The Kier molecular flexibility index (Phi) is 12.1. The third-order valence-corrected chi connectivity index (χ3v) is 4.11. The first kappa shape index (κ1) is 18.0. The highest BCUT2D eigenvalue weighted by atomic mass is 14.4. The molecule has 0 fully saturated rings. The van der Waals surface area contributed by atoms with Crippen LogP contribution in [0.15, 0.2) is 0 Å². The van der Waals surface area contributed by atoms with Crippen molar-refractivity contribution in [1.29, 1.82) is 0 Å². The summed E-state index contributed by atoms with van der Waals surface area (Å²) < 4.78 is 0. The summed E-state index contributed by atoms with van der Waals surface area (Å²) in [5.74, 6) is 0. The monoisotopic (exact) mass is 252 g/mol. The Morgan fingerprint density at radius 1 is 0.722 bits per heavy atom. The fourth-order valence-electron chi connectivity index (χ4n) is 2.56. The molecule has 0 aromatic rings. The number of hydrogen-bond donors (Lipinski definition) is 1. The molecular formula is C16H35BN. The topological polar surface area (TPSA) is 26.0 Å². The molecule has 0 saturated heterocycles. The Labute approximate surface area is 117 Å². The van der Waals surface area contributed by atoms with E-state index in [-0.39, 0.29) is 0 Å². The molecule has 0 aliphatic carbocycles. The van der Waals surface area contributed by atoms with Crippen molar-refractivity contribution < 1.29 is 0 Å². The second-order valence-corrected chi connectivity index (χ2v) is 6.15. The van der Waals surface area contributed by atoms with Crippen LogP contribution < -0.4 is 5.64 Å². The summed E-state index contributed by atoms with van der Waals surface area (Å²) in [5.41, 5.74) is 5.86. The molecule has 0 unspecified atom stereocenters. The van der Waals surface area contributed by atoms with Gasteiger partial charge in [0.05, 0.1) is 0 Å². The third-order valence-electron chi connectivity index (χ3n) is 4.11. The summed E-state index contributed by atoms with van der Waals surface area (Å²) in [6, 6.07) is 0. The fraction of sp³-hybridized carbons (Fsp3) is 1.00. The lowest BCUT2D eigenvalue weighted by atomic mass is 9.57. The summed E-state index contributed by atoms with van der Waals surface area (Å²) >= 11 is 0. The zero-order valence-corrected chi connectivity index (χ0v) is 13.1. The first-order valence-corrected chi connectivity index (χ1v) is 8.24. The van der Waals surface area contributed by atoms with E-state index < -0.39 is 0 Å². The molecule has 2 heteroatoms. The lowest BCUT2D eigenvalue weighted by molar-refractivity contribution is 0.446. The molecule has 0 aromatic heterocycles. The van der Waals surface area contributed by atoms with Gasteiger partial charge in [0.15, 0.2) is 0 Å². The SMILES string of the molecule is CCCCCCCC(C)([B]N)CCCCCCC. The lowest BCUT2D eigenvalue weighted by Crippen LogP contribution is -2.24. The molecular weight excluding hydrogens is 217 g/mol. The van der Waals surface area contributed by atoms with Gasteiger partial charge in [-0.15, -0.1) is 0 Å². The van der Waals surface area contributed by atoms with E-state index in [1.165, 1.54) is 77.0 Å². The standard InChI is InChI=1S/C16H35BN/c1-4-6-8-10-12-14-16(3,17-18)15-13-11-9-7-5-2/h4-15,18H2,1-3H3. The van der Waals surface area contributed by atoms with Gasteiger partial charge in [0.25, 0.3) is 0 Å². The summed E-state index contributed by atoms with van der Waals surface area (Å²) in [7, 11) is 1.96. The van der Waals surface area contributed by atoms with Gasteiger partial charge < -0.3 is 5.64 Å². The lowest BCUT2D eigenvalue weighted by Gasteiger charge is -2.27. The van der Waals surface area contributed by atoms with Crippen molar-refractivity contribution >= 4 is 7.41 Å². The highest BCUT2D eigenvalue weighted by Crippen LogP contribution is 2.36. The van der Waals surface area contributed by atoms with Crippen LogP contribution in [0.1, 0.15) is 97.8 Å². The van der Waals surface area contributed by atoms with Crippen LogP contribution in [0.3, 0.4) is 0 Å². The van der Waals surface area contributed by atoms with Crippen molar-refractivity contribution in [3.05, 3.63) is 0 Å². The van der Waals surface area contributed by atoms with Crippen molar-refractivity contribution in [3.8, 4) is 0 Å². The van der Waals surface area contributed by atoms with E-state index in [9.17, 15) is 0 Å². The largest absolute Gasteiger partial charge is 0.374 e. The Hall–Kier alpha value is 0.0249. The number of nitrogens with two attached hydrogens (primary N) is 1. The molecule has 18 heavy (non-hydrogen) atoms. The Morgan fingerprint density at radius 2 is 1.11 bits per heavy atom. The van der Waals surface area contributed by atoms with E-state index in [1.807, 2.05) is 7.41 Å². The summed E-state index contributed by atoms with van der Waals surface area (Å²) in [6.07, 6.45) is 16.2. The fourth-order valence-corrected chi connectivity index (χ4v) is 2.56. The summed E-state index contributed by atoms with van der Waals surface area (Å²) in [4.78, 5) is 0. The minimum Gasteiger partial charge on any atom is -0.374 e. The second-order valence-electron chi connectivity index (χ2n) is 6.15. The normalized spacial score (nSPS) is 11.8. The smallest absolute Gasteiger partial charge is 0.209 e. The molecule has 107 valence electrons. The van der Waals surface area contributed by atoms with Crippen LogP contribution in [0.5, 0.6) is 0 Å². The zero-order chi connectivity index (χ0) is 13.7. The van der Waals surface area contributed by atoms with E-state index in [2.05, 4.69) is 20.8 Å². The van der Waals surface area contributed by atoms with Crippen LogP contribution in [0.25, 0.3) is 0 Å². The molecule has 1 radical (unpaired) electrons. The average Bonchev–Trinajstić information content (AvgIpc) is 2.38. The van der Waals surface area contributed by atoms with Gasteiger partial charge in [0.2, 0.25) is 7.41 Å². The van der Waals surface area contributed by atoms with E-state index in [4.69, 9.17) is 5.64 Å². The van der Waals surface area contributed by atoms with Gasteiger partial charge in [-0.2, -0.15) is 0 Å². The minimum atomic E-state index is 0.290. The van der Waals surface area contributed by atoms with Crippen molar-refractivity contribution in [2.24, 2.45) is 5.64 Å². The molecule has 1 nitrogen and oxygen atoms in total. The molecule has 0 aromatic carbocycles. The Morgan fingerprint density at radius 3 is 1.44 bits per heavy atom. The van der Waals surface area contributed by atoms with Crippen LogP contribution in [-0.2, 0) is 0 Å². The van der Waals surface area contributed by atoms with Gasteiger partial charge >= 0.3 is 0 Å². The predicted molar refractivity (Wildman–Crippen MR) is 85.1 cm³/mol. The van der Waals surface area contributed by atoms with Gasteiger partial charge in [0, 0.05) is 0 Å². The quantitative estimate of drug-likeness (QED) is 0.341. The van der Waals surface area contributed by atoms with Crippen LogP contribution >= 0.6 is 0 Å². The molecule has 0 aliphatic heterocycles.